The van der Waals surface area contributed by atoms with E-state index in [1.165, 1.54) is 17.0 Å². The third kappa shape index (κ3) is 4.63. The predicted molar refractivity (Wildman–Crippen MR) is 117 cm³/mol. The number of carbonyl (C=O) groups excluding carboxylic acids is 1. The van der Waals surface area contributed by atoms with E-state index in [9.17, 15) is 18.0 Å². The van der Waals surface area contributed by atoms with Gasteiger partial charge in [0.2, 0.25) is 0 Å². The molecule has 2 aliphatic rings. The topological polar surface area (TPSA) is 82.4 Å². The SMILES string of the molecule is NCCCNCc1ccc(N2C=C3C=C(c4ccccc4C(F)(F)F)NC3NC2=O)cc1. The summed E-state index contributed by atoms with van der Waals surface area (Å²) >= 11 is 0. The summed E-state index contributed by atoms with van der Waals surface area (Å²) < 4.78 is 40.2. The Hall–Kier alpha value is -3.30. The lowest BCUT2D eigenvalue weighted by Crippen LogP contribution is -2.51. The third-order valence-corrected chi connectivity index (χ3v) is 5.33. The molecule has 2 heterocycles. The number of benzene rings is 2. The van der Waals surface area contributed by atoms with E-state index in [-0.39, 0.29) is 11.6 Å². The van der Waals surface area contributed by atoms with Gasteiger partial charge < -0.3 is 21.7 Å². The summed E-state index contributed by atoms with van der Waals surface area (Å²) in [5, 5.41) is 9.08. The fourth-order valence-corrected chi connectivity index (χ4v) is 3.71. The second-order valence-corrected chi connectivity index (χ2v) is 7.61. The van der Waals surface area contributed by atoms with E-state index >= 15 is 0 Å². The van der Waals surface area contributed by atoms with Crippen LogP contribution in [0.15, 0.2) is 66.4 Å². The molecule has 0 saturated heterocycles. The quantitative estimate of drug-likeness (QED) is 0.494. The average molecular weight is 443 g/mol. The van der Waals surface area contributed by atoms with E-state index in [0.29, 0.717) is 30.0 Å². The first-order valence-electron chi connectivity index (χ1n) is 10.3. The summed E-state index contributed by atoms with van der Waals surface area (Å²) in [4.78, 5) is 14.1. The summed E-state index contributed by atoms with van der Waals surface area (Å²) in [7, 11) is 0. The number of hydrogen-bond acceptors (Lipinski definition) is 4. The molecule has 1 atom stereocenters. The van der Waals surface area contributed by atoms with E-state index in [4.69, 9.17) is 5.73 Å². The molecule has 0 radical (unpaired) electrons. The van der Waals surface area contributed by atoms with Crippen LogP contribution in [-0.4, -0.2) is 25.3 Å². The van der Waals surface area contributed by atoms with Gasteiger partial charge in [0.25, 0.3) is 0 Å². The van der Waals surface area contributed by atoms with Gasteiger partial charge in [-0.05, 0) is 49.3 Å². The molecule has 0 bridgehead atoms. The number of rotatable bonds is 7. The third-order valence-electron chi connectivity index (χ3n) is 5.33. The van der Waals surface area contributed by atoms with Crippen molar-refractivity contribution in [2.75, 3.05) is 18.0 Å². The predicted octanol–water partition coefficient (Wildman–Crippen LogP) is 3.53. The first kappa shape index (κ1) is 21.9. The largest absolute Gasteiger partial charge is 0.417 e. The maximum Gasteiger partial charge on any atom is 0.417 e. The van der Waals surface area contributed by atoms with Gasteiger partial charge in [0, 0.05) is 29.6 Å². The number of alkyl halides is 3. The van der Waals surface area contributed by atoms with Gasteiger partial charge in [0.05, 0.1) is 11.3 Å². The summed E-state index contributed by atoms with van der Waals surface area (Å²) in [6.45, 7) is 2.17. The van der Waals surface area contributed by atoms with Crippen molar-refractivity contribution >= 4 is 17.4 Å². The summed E-state index contributed by atoms with van der Waals surface area (Å²) in [5.41, 5.74) is 7.52. The van der Waals surface area contributed by atoms with Crippen LogP contribution in [0, 0.1) is 0 Å². The smallest absolute Gasteiger partial charge is 0.361 e. The number of fused-ring (bicyclic) bond motifs is 1. The maximum absolute atomic E-state index is 13.4. The molecule has 0 aliphatic carbocycles. The van der Waals surface area contributed by atoms with Gasteiger partial charge in [-0.2, -0.15) is 13.2 Å². The van der Waals surface area contributed by atoms with Crippen LogP contribution in [0.25, 0.3) is 5.70 Å². The first-order chi connectivity index (χ1) is 15.4. The number of nitrogens with zero attached hydrogens (tertiary/aromatic N) is 1. The number of urea groups is 1. The summed E-state index contributed by atoms with van der Waals surface area (Å²) in [6, 6.07) is 12.5. The van der Waals surface area contributed by atoms with Crippen molar-refractivity contribution in [3.05, 3.63) is 83.1 Å². The van der Waals surface area contributed by atoms with Crippen molar-refractivity contribution in [2.45, 2.75) is 25.3 Å². The number of halogens is 3. The molecule has 9 heteroatoms. The van der Waals surface area contributed by atoms with Crippen LogP contribution in [-0.2, 0) is 12.7 Å². The van der Waals surface area contributed by atoms with Crippen molar-refractivity contribution in [3.8, 4) is 0 Å². The zero-order chi connectivity index (χ0) is 22.7. The molecule has 0 aromatic heterocycles. The number of carbonyl (C=O) groups is 1. The Morgan fingerprint density at radius 1 is 1.06 bits per heavy atom. The van der Waals surface area contributed by atoms with Crippen molar-refractivity contribution in [2.24, 2.45) is 5.73 Å². The Bertz CT molecular complexity index is 1050. The van der Waals surface area contributed by atoms with Crippen LogP contribution in [0.1, 0.15) is 23.1 Å². The molecule has 5 N–H and O–H groups in total. The van der Waals surface area contributed by atoms with Crippen LogP contribution < -0.4 is 26.6 Å². The number of anilines is 1. The molecule has 0 fully saturated rings. The van der Waals surface area contributed by atoms with Gasteiger partial charge in [-0.3, -0.25) is 4.90 Å². The number of nitrogens with one attached hydrogen (secondary N) is 3. The minimum atomic E-state index is -4.47. The van der Waals surface area contributed by atoms with E-state index in [0.717, 1.165) is 24.6 Å². The van der Waals surface area contributed by atoms with Gasteiger partial charge in [-0.15, -0.1) is 0 Å². The van der Waals surface area contributed by atoms with Crippen molar-refractivity contribution in [1.82, 2.24) is 16.0 Å². The van der Waals surface area contributed by atoms with Crippen molar-refractivity contribution < 1.29 is 18.0 Å². The second kappa shape index (κ2) is 9.05. The highest BCUT2D eigenvalue weighted by Crippen LogP contribution is 2.36. The van der Waals surface area contributed by atoms with Gasteiger partial charge >= 0.3 is 12.2 Å². The van der Waals surface area contributed by atoms with E-state index < -0.39 is 17.9 Å². The zero-order valence-electron chi connectivity index (χ0n) is 17.2. The Balaban J connectivity index is 1.54. The lowest BCUT2D eigenvalue weighted by molar-refractivity contribution is -0.137. The molecule has 4 rings (SSSR count). The fourth-order valence-electron chi connectivity index (χ4n) is 3.71. The summed E-state index contributed by atoms with van der Waals surface area (Å²) in [6.07, 6.45) is -0.873. The van der Waals surface area contributed by atoms with Gasteiger partial charge in [-0.1, -0.05) is 30.3 Å². The lowest BCUT2D eigenvalue weighted by Gasteiger charge is -2.29. The molecule has 168 valence electrons. The number of amides is 2. The van der Waals surface area contributed by atoms with Crippen LogP contribution in [0.4, 0.5) is 23.7 Å². The standard InChI is InChI=1S/C23H24F3N5O/c24-23(25,26)19-5-2-1-4-18(19)20-12-16-14-31(22(32)30-21(16)29-20)17-8-6-15(7-9-17)13-28-11-3-10-27/h1-2,4-9,12,14,21,28-29H,3,10-11,13,27H2,(H,30,32). The molecular formula is C23H24F3N5O. The van der Waals surface area contributed by atoms with Gasteiger partial charge in [-0.25, -0.2) is 4.79 Å². The van der Waals surface area contributed by atoms with Gasteiger partial charge in [0.15, 0.2) is 0 Å². The second-order valence-electron chi connectivity index (χ2n) is 7.61. The normalized spacial score (nSPS) is 17.9. The molecule has 2 aliphatic heterocycles. The van der Waals surface area contributed by atoms with E-state index in [1.807, 2.05) is 24.3 Å². The maximum atomic E-state index is 13.4. The fraction of sp³-hybridized carbons (Fsp3) is 0.261. The minimum absolute atomic E-state index is 0.0441. The average Bonchev–Trinajstić information content (AvgIpc) is 3.19. The Labute approximate surface area is 184 Å². The Kier molecular flexibility index (Phi) is 6.20. The highest BCUT2D eigenvalue weighted by atomic mass is 19.4. The van der Waals surface area contributed by atoms with Crippen LogP contribution in [0.2, 0.25) is 0 Å². The molecule has 0 spiro atoms. The Morgan fingerprint density at radius 2 is 1.81 bits per heavy atom. The minimum Gasteiger partial charge on any atom is -0.361 e. The van der Waals surface area contributed by atoms with Crippen LogP contribution >= 0.6 is 0 Å². The number of nitrogens with two attached hydrogens (primary N) is 1. The molecular weight excluding hydrogens is 419 g/mol. The first-order valence-corrected chi connectivity index (χ1v) is 10.3. The molecule has 2 aromatic carbocycles. The molecule has 6 nitrogen and oxygen atoms in total. The Morgan fingerprint density at radius 3 is 2.53 bits per heavy atom. The van der Waals surface area contributed by atoms with E-state index in [2.05, 4.69) is 16.0 Å². The van der Waals surface area contributed by atoms with Crippen molar-refractivity contribution in [3.63, 3.8) is 0 Å². The monoisotopic (exact) mass is 443 g/mol. The highest BCUT2D eigenvalue weighted by molar-refractivity contribution is 5.96. The lowest BCUT2D eigenvalue weighted by atomic mass is 10.0. The molecule has 2 amide bonds. The molecule has 1 unspecified atom stereocenters. The molecule has 32 heavy (non-hydrogen) atoms. The molecule has 2 aromatic rings. The number of hydrogen-bond donors (Lipinski definition) is 4. The van der Waals surface area contributed by atoms with Crippen LogP contribution in [0.5, 0.6) is 0 Å². The molecule has 0 saturated carbocycles. The van der Waals surface area contributed by atoms with Crippen molar-refractivity contribution in [1.29, 1.82) is 0 Å². The van der Waals surface area contributed by atoms with Gasteiger partial charge in [0.1, 0.15) is 6.17 Å². The highest BCUT2D eigenvalue weighted by Gasteiger charge is 2.37. The summed E-state index contributed by atoms with van der Waals surface area (Å²) in [5.74, 6) is 0. The van der Waals surface area contributed by atoms with E-state index in [1.54, 1.807) is 18.3 Å². The zero-order valence-corrected chi connectivity index (χ0v) is 17.2. The van der Waals surface area contributed by atoms with Crippen LogP contribution in [0.3, 0.4) is 0 Å².